The van der Waals surface area contributed by atoms with E-state index in [0.29, 0.717) is 24.0 Å². The van der Waals surface area contributed by atoms with Crippen LogP contribution in [0.4, 0.5) is 0 Å². The first-order chi connectivity index (χ1) is 22.8. The highest BCUT2D eigenvalue weighted by atomic mass is 16.6. The van der Waals surface area contributed by atoms with E-state index in [1.807, 2.05) is 13.8 Å². The number of fused-ring (bicyclic) bond motifs is 5. The third kappa shape index (κ3) is 7.10. The first kappa shape index (κ1) is 38.8. The number of ketones is 1. The Kier molecular flexibility index (Phi) is 12.8. The zero-order valence-electron chi connectivity index (χ0n) is 30.7. The van der Waals surface area contributed by atoms with Gasteiger partial charge in [0.05, 0.1) is 12.2 Å². The summed E-state index contributed by atoms with van der Waals surface area (Å²) in [5, 5.41) is 35.3. The van der Waals surface area contributed by atoms with Crippen molar-refractivity contribution >= 4 is 17.7 Å². The fourth-order valence-corrected chi connectivity index (χ4v) is 9.72. The number of Topliss-reactive ketones (excluding diaryl/α,β-unsaturated/α-hetero) is 1. The number of aliphatic hydroxyl groups is 3. The van der Waals surface area contributed by atoms with Crippen LogP contribution in [-0.4, -0.2) is 62.6 Å². The van der Waals surface area contributed by atoms with Gasteiger partial charge in [0.25, 0.3) is 0 Å². The van der Waals surface area contributed by atoms with Crippen molar-refractivity contribution in [1.82, 2.24) is 0 Å². The summed E-state index contributed by atoms with van der Waals surface area (Å²) in [6.45, 7) is 11.4. The molecule has 0 radical (unpaired) electrons. The van der Waals surface area contributed by atoms with Crippen LogP contribution in [0.2, 0.25) is 0 Å². The first-order valence-corrected chi connectivity index (χ1v) is 19.2. The van der Waals surface area contributed by atoms with Crippen molar-refractivity contribution in [2.45, 2.75) is 174 Å². The Morgan fingerprint density at radius 3 is 1.90 bits per heavy atom. The van der Waals surface area contributed by atoms with E-state index >= 15 is 0 Å². The largest absolute Gasteiger partial charge is 0.458 e. The lowest BCUT2D eigenvalue weighted by Crippen LogP contribution is -2.66. The van der Waals surface area contributed by atoms with Crippen LogP contribution in [0.1, 0.15) is 151 Å². The average molecular weight is 673 g/mol. The minimum absolute atomic E-state index is 0.104. The Morgan fingerprint density at radius 1 is 0.833 bits per heavy atom. The van der Waals surface area contributed by atoms with Gasteiger partial charge in [-0.15, -0.1) is 0 Å². The smallest absolute Gasteiger partial charge is 0.306 e. The number of esters is 2. The van der Waals surface area contributed by atoms with Crippen LogP contribution < -0.4 is 0 Å². The van der Waals surface area contributed by atoms with Crippen molar-refractivity contribution in [3.8, 4) is 0 Å². The molecule has 272 valence electrons. The first-order valence-electron chi connectivity index (χ1n) is 19.2. The van der Waals surface area contributed by atoms with Crippen molar-refractivity contribution in [1.29, 1.82) is 0 Å². The van der Waals surface area contributed by atoms with Gasteiger partial charge in [-0.1, -0.05) is 124 Å². The molecule has 2 saturated carbocycles. The van der Waals surface area contributed by atoms with Crippen molar-refractivity contribution < 1.29 is 39.2 Å². The Hall–Kier alpha value is -2.03. The number of hydrogen-bond acceptors (Lipinski definition) is 8. The van der Waals surface area contributed by atoms with Crippen LogP contribution in [-0.2, 0) is 23.9 Å². The zero-order valence-corrected chi connectivity index (χ0v) is 30.7. The fourth-order valence-electron chi connectivity index (χ4n) is 9.72. The van der Waals surface area contributed by atoms with Crippen LogP contribution in [0.5, 0.6) is 0 Å². The molecule has 0 bridgehead atoms. The summed E-state index contributed by atoms with van der Waals surface area (Å²) in [5.41, 5.74) is -4.71. The summed E-state index contributed by atoms with van der Waals surface area (Å²) < 4.78 is 12.8. The second-order valence-electron chi connectivity index (χ2n) is 16.1. The minimum Gasteiger partial charge on any atom is -0.458 e. The molecular formula is C40H64O8. The summed E-state index contributed by atoms with van der Waals surface area (Å²) in [6.07, 6.45) is 17.8. The number of ether oxygens (including phenoxy) is 2. The Labute approximate surface area is 289 Å². The highest BCUT2D eigenvalue weighted by molar-refractivity contribution is 6.04. The molecule has 0 aromatic rings. The summed E-state index contributed by atoms with van der Waals surface area (Å²) in [4.78, 5) is 40.6. The van der Waals surface area contributed by atoms with Crippen molar-refractivity contribution in [3.63, 3.8) is 0 Å². The quantitative estimate of drug-likeness (QED) is 0.0740. The van der Waals surface area contributed by atoms with Gasteiger partial charge < -0.3 is 24.8 Å². The lowest BCUT2D eigenvalue weighted by molar-refractivity contribution is -0.229. The molecule has 8 heteroatoms. The van der Waals surface area contributed by atoms with Crippen molar-refractivity contribution in [2.24, 2.45) is 29.1 Å². The van der Waals surface area contributed by atoms with E-state index in [1.54, 1.807) is 26.0 Å². The molecule has 0 unspecified atom stereocenters. The molecule has 0 spiro atoms. The number of rotatable bonds is 19. The van der Waals surface area contributed by atoms with Crippen molar-refractivity contribution in [2.75, 3.05) is 6.61 Å². The van der Waals surface area contributed by atoms with E-state index in [2.05, 4.69) is 13.8 Å². The second-order valence-corrected chi connectivity index (χ2v) is 16.1. The molecule has 2 fully saturated rings. The van der Waals surface area contributed by atoms with Crippen LogP contribution in [0.25, 0.3) is 0 Å². The predicted molar refractivity (Wildman–Crippen MR) is 186 cm³/mol. The van der Waals surface area contributed by atoms with Gasteiger partial charge in [-0.05, 0) is 30.9 Å². The third-order valence-electron chi connectivity index (χ3n) is 12.5. The van der Waals surface area contributed by atoms with E-state index in [9.17, 15) is 29.7 Å². The maximum Gasteiger partial charge on any atom is 0.306 e. The van der Waals surface area contributed by atoms with Crippen LogP contribution >= 0.6 is 0 Å². The van der Waals surface area contributed by atoms with E-state index in [4.69, 9.17) is 9.47 Å². The molecular weight excluding hydrogens is 608 g/mol. The molecule has 4 aliphatic carbocycles. The van der Waals surface area contributed by atoms with Crippen LogP contribution in [0.3, 0.4) is 0 Å². The van der Waals surface area contributed by atoms with Crippen LogP contribution in [0.15, 0.2) is 23.3 Å². The molecule has 0 saturated heterocycles. The van der Waals surface area contributed by atoms with Crippen molar-refractivity contribution in [3.05, 3.63) is 23.3 Å². The molecule has 4 rings (SSSR count). The van der Waals surface area contributed by atoms with Gasteiger partial charge in [0.2, 0.25) is 0 Å². The van der Waals surface area contributed by atoms with Gasteiger partial charge in [0.15, 0.2) is 11.4 Å². The van der Waals surface area contributed by atoms with E-state index in [1.165, 1.54) is 38.5 Å². The standard InChI is InChI=1S/C40H64O8/c1-7-9-11-13-15-17-19-21-32(42)47-36-28(4)39(46)30(24-29(26-41)25-38(45)31(39)23-27(3)35(38)44)34-37(5,6)40(34,36)48-33(43)22-20-18-16-14-12-10-8-2/h23-24,28,30-31,34,36,41,45-46H,7-22,25-26H2,1-6H3/t28-,30+,31-,34+,36-,38-,39-,40-/m1/s1. The molecule has 48 heavy (non-hydrogen) atoms. The Morgan fingerprint density at radius 2 is 1.35 bits per heavy atom. The monoisotopic (exact) mass is 672 g/mol. The highest BCUT2D eigenvalue weighted by Gasteiger charge is 2.87. The topological polar surface area (TPSA) is 130 Å². The number of carbonyl (C=O) groups excluding carboxylic acids is 3. The third-order valence-corrected chi connectivity index (χ3v) is 12.5. The molecule has 8 atom stereocenters. The second kappa shape index (κ2) is 15.9. The lowest BCUT2D eigenvalue weighted by Gasteiger charge is -2.53. The molecule has 3 N–H and O–H groups in total. The molecule has 0 heterocycles. The normalized spacial score (nSPS) is 34.7. The summed E-state index contributed by atoms with van der Waals surface area (Å²) in [6, 6.07) is 0. The van der Waals surface area contributed by atoms with Gasteiger partial charge in [0.1, 0.15) is 11.7 Å². The predicted octanol–water partition coefficient (Wildman–Crippen LogP) is 7.31. The summed E-state index contributed by atoms with van der Waals surface area (Å²) >= 11 is 0. The Balaban J connectivity index is 1.62. The van der Waals surface area contributed by atoms with E-state index in [0.717, 1.165) is 38.5 Å². The van der Waals surface area contributed by atoms with Gasteiger partial charge in [-0.3, -0.25) is 14.4 Å². The molecule has 0 aliphatic heterocycles. The number of unbranched alkanes of at least 4 members (excludes halogenated alkanes) is 12. The van der Waals surface area contributed by atoms with E-state index < -0.39 is 63.7 Å². The van der Waals surface area contributed by atoms with Crippen LogP contribution in [0, 0.1) is 29.1 Å². The fraction of sp³-hybridized carbons (Fsp3) is 0.825. The number of aliphatic hydroxyl groups excluding tert-OH is 1. The average Bonchev–Trinajstić information content (AvgIpc) is 3.47. The lowest BCUT2D eigenvalue weighted by atomic mass is 9.59. The molecule has 0 amide bonds. The van der Waals surface area contributed by atoms with Gasteiger partial charge in [-0.25, -0.2) is 0 Å². The molecule has 0 aromatic heterocycles. The minimum atomic E-state index is -1.93. The summed E-state index contributed by atoms with van der Waals surface area (Å²) in [5.74, 6) is -4.11. The van der Waals surface area contributed by atoms with Gasteiger partial charge >= 0.3 is 11.9 Å². The van der Waals surface area contributed by atoms with Gasteiger partial charge in [-0.2, -0.15) is 0 Å². The maximum atomic E-state index is 13.6. The highest BCUT2D eigenvalue weighted by Crippen LogP contribution is 2.77. The number of hydrogen-bond donors (Lipinski definition) is 3. The zero-order chi connectivity index (χ0) is 35.3. The van der Waals surface area contributed by atoms with E-state index in [-0.39, 0.29) is 31.8 Å². The van der Waals surface area contributed by atoms with Gasteiger partial charge in [0, 0.05) is 48.3 Å². The SMILES string of the molecule is CCCCCCCCCC(=O)O[C@@H]1[C@@H](C)[C@@]2(O)[C@@H](C=C(CO)C[C@]3(O)C(=O)C(C)=C[C@@H]23)[C@H]2C(C)(C)[C@]12OC(=O)CCCCCCCCC. The Bertz CT molecular complexity index is 1220. The molecule has 8 nitrogen and oxygen atoms in total. The molecule has 0 aromatic carbocycles. The summed E-state index contributed by atoms with van der Waals surface area (Å²) in [7, 11) is 0. The molecule has 4 aliphatic rings. The maximum absolute atomic E-state index is 13.6. The number of carbonyl (C=O) groups is 3.